The molecule has 0 saturated carbocycles. The van der Waals surface area contributed by atoms with Crippen LogP contribution in [-0.2, 0) is 35.1 Å². The summed E-state index contributed by atoms with van der Waals surface area (Å²) in [6.07, 6.45) is 38.7. The number of Topliss-reactive ketones (excluding diaryl/α,β-unsaturated/α-hetero) is 1. The van der Waals surface area contributed by atoms with E-state index in [9.17, 15) is 19.2 Å². The van der Waals surface area contributed by atoms with Gasteiger partial charge in [-0.2, -0.15) is 0 Å². The van der Waals surface area contributed by atoms with Crippen molar-refractivity contribution >= 4 is 23.6 Å². The summed E-state index contributed by atoms with van der Waals surface area (Å²) in [6.45, 7) is 4.96. The lowest BCUT2D eigenvalue weighted by atomic mass is 9.64. The molecule has 0 aliphatic heterocycles. The molecule has 1 aromatic carbocycles. The summed E-state index contributed by atoms with van der Waals surface area (Å²) in [5.74, 6) is -4.62. The van der Waals surface area contributed by atoms with E-state index in [0.29, 0.717) is 31.4 Å². The van der Waals surface area contributed by atoms with Crippen LogP contribution in [-0.4, -0.2) is 44.4 Å². The van der Waals surface area contributed by atoms with Crippen molar-refractivity contribution in [2.24, 2.45) is 23.7 Å². The number of unbranched alkanes of at least 4 members (excludes halogenated alkanes) is 26. The molecule has 3 rings (SSSR count). The molecule has 1 aromatic rings. The Labute approximate surface area is 372 Å². The number of carbonyl (C=O) groups excluding carboxylic acids is 4. The van der Waals surface area contributed by atoms with Crippen molar-refractivity contribution in [2.45, 2.75) is 213 Å². The number of benzene rings is 1. The first-order chi connectivity index (χ1) is 29.9. The summed E-state index contributed by atoms with van der Waals surface area (Å²) >= 11 is 0. The average Bonchev–Trinajstić information content (AvgIpc) is 3.56. The molecule has 0 radical (unpaired) electrons. The zero-order valence-electron chi connectivity index (χ0n) is 39.4. The molecule has 0 unspecified atom stereocenters. The van der Waals surface area contributed by atoms with Crippen LogP contribution in [0.2, 0.25) is 0 Å². The number of carbonyl (C=O) groups is 4. The minimum Gasteiger partial charge on any atom is -0.469 e. The van der Waals surface area contributed by atoms with Crippen LogP contribution in [0.3, 0.4) is 0 Å². The van der Waals surface area contributed by atoms with E-state index in [-0.39, 0.29) is 17.3 Å². The number of hydrogen-bond donors (Lipinski definition) is 1. The molecule has 7 nitrogen and oxygen atoms in total. The second-order valence-corrected chi connectivity index (χ2v) is 18.3. The number of allylic oxidation sites excluding steroid dienone is 1. The lowest BCUT2D eigenvalue weighted by Gasteiger charge is -2.38. The van der Waals surface area contributed by atoms with Gasteiger partial charge in [0, 0.05) is 18.4 Å². The molecule has 0 bridgehead atoms. The van der Waals surface area contributed by atoms with Crippen LogP contribution in [0.1, 0.15) is 212 Å². The average molecular weight is 846 g/mol. The molecule has 0 spiro atoms. The Morgan fingerprint density at radius 2 is 0.984 bits per heavy atom. The molecule has 1 N–H and O–H groups in total. The summed E-state index contributed by atoms with van der Waals surface area (Å²) < 4.78 is 10.7. The van der Waals surface area contributed by atoms with Gasteiger partial charge in [0.2, 0.25) is 5.91 Å². The first-order valence-corrected chi connectivity index (χ1v) is 25.3. The van der Waals surface area contributed by atoms with Crippen molar-refractivity contribution in [1.29, 1.82) is 0 Å². The van der Waals surface area contributed by atoms with Gasteiger partial charge in [0.25, 0.3) is 0 Å². The van der Waals surface area contributed by atoms with Crippen molar-refractivity contribution < 1.29 is 28.7 Å². The highest BCUT2D eigenvalue weighted by atomic mass is 16.5. The summed E-state index contributed by atoms with van der Waals surface area (Å²) in [5, 5.41) is 3.12. The predicted octanol–water partition coefficient (Wildman–Crippen LogP) is 13.7. The molecule has 7 heteroatoms. The molecule has 61 heavy (non-hydrogen) atoms. The third kappa shape index (κ3) is 19.0. The number of nitrogens with one attached hydrogen (secondary N) is 1. The fourth-order valence-electron chi connectivity index (χ4n) is 9.99. The summed E-state index contributed by atoms with van der Waals surface area (Å²) in [6, 6.07) is 10.0. The van der Waals surface area contributed by atoms with E-state index >= 15 is 0 Å². The molecule has 0 heterocycles. The van der Waals surface area contributed by atoms with Gasteiger partial charge in [-0.3, -0.25) is 14.4 Å². The number of rotatable bonds is 36. The number of fused-ring (bicyclic) bond motifs is 1. The Hall–Kier alpha value is -3.22. The third-order valence-corrected chi connectivity index (χ3v) is 13.5. The SMILES string of the molecule is CCCCCCCCCCCCCCCCC1=C[C@H](C(=O)NCCc2ccccc2)[C@H]2C(=O)C(C(=O)OC)=C(CCCCCCCCCCCCCCCC)[C@H]2[C@H]1C(=O)OC. The van der Waals surface area contributed by atoms with Crippen LogP contribution in [0.15, 0.2) is 53.1 Å². The van der Waals surface area contributed by atoms with Crippen molar-refractivity contribution in [1.82, 2.24) is 5.32 Å². The van der Waals surface area contributed by atoms with E-state index < -0.39 is 35.6 Å². The van der Waals surface area contributed by atoms with Gasteiger partial charge in [-0.1, -0.05) is 223 Å². The fraction of sp³-hybridized carbons (Fsp3) is 0.741. The van der Waals surface area contributed by atoms with Gasteiger partial charge in [0.15, 0.2) is 5.78 Å². The van der Waals surface area contributed by atoms with E-state index in [1.165, 1.54) is 155 Å². The Morgan fingerprint density at radius 1 is 0.541 bits per heavy atom. The largest absolute Gasteiger partial charge is 0.469 e. The molecular formula is C54H87NO6. The first kappa shape index (κ1) is 52.1. The van der Waals surface area contributed by atoms with Crippen molar-refractivity contribution in [3.05, 3.63) is 58.7 Å². The minimum atomic E-state index is -0.850. The van der Waals surface area contributed by atoms with Gasteiger partial charge in [0.05, 0.1) is 26.1 Å². The van der Waals surface area contributed by atoms with Gasteiger partial charge >= 0.3 is 11.9 Å². The van der Waals surface area contributed by atoms with E-state index in [1.54, 1.807) is 0 Å². The third-order valence-electron chi connectivity index (χ3n) is 13.5. The smallest absolute Gasteiger partial charge is 0.341 e. The molecule has 4 atom stereocenters. The molecule has 2 aliphatic rings. The molecule has 2 aliphatic carbocycles. The second kappa shape index (κ2) is 32.5. The van der Waals surface area contributed by atoms with Gasteiger partial charge in [-0.05, 0) is 43.2 Å². The van der Waals surface area contributed by atoms with E-state index in [1.807, 2.05) is 36.4 Å². The summed E-state index contributed by atoms with van der Waals surface area (Å²) in [7, 11) is 2.71. The highest BCUT2D eigenvalue weighted by Gasteiger charge is 2.56. The number of amides is 1. The van der Waals surface area contributed by atoms with Crippen LogP contribution in [0.4, 0.5) is 0 Å². The van der Waals surface area contributed by atoms with Crippen LogP contribution < -0.4 is 5.32 Å². The first-order valence-electron chi connectivity index (χ1n) is 25.3. The predicted molar refractivity (Wildman–Crippen MR) is 251 cm³/mol. The van der Waals surface area contributed by atoms with Gasteiger partial charge in [-0.15, -0.1) is 0 Å². The van der Waals surface area contributed by atoms with Crippen LogP contribution in [0, 0.1) is 23.7 Å². The number of esters is 2. The monoisotopic (exact) mass is 846 g/mol. The molecule has 0 fully saturated rings. The highest BCUT2D eigenvalue weighted by molar-refractivity contribution is 6.22. The van der Waals surface area contributed by atoms with Gasteiger partial charge < -0.3 is 14.8 Å². The standard InChI is InChI=1S/C54H87NO6/c1-5-7-9-11-13-15-17-19-21-23-25-27-29-34-38-44-42-46(52(57)55-41-40-43-36-32-31-33-37-43)49-48(47(44)53(58)60-3)45(50(51(49)56)54(59)61-4)39-35-30-28-26-24-22-20-18-16-14-12-10-8-6-2/h31-33,36-37,42,46-49H,5-30,34-35,38-41H2,1-4H3,(H,55,57)/t46-,47-,48-,49+/m0/s1. The van der Waals surface area contributed by atoms with Crippen LogP contribution in [0.5, 0.6) is 0 Å². The zero-order chi connectivity index (χ0) is 43.9. The van der Waals surface area contributed by atoms with Crippen LogP contribution >= 0.6 is 0 Å². The van der Waals surface area contributed by atoms with Crippen molar-refractivity contribution in [3.63, 3.8) is 0 Å². The number of ketones is 1. The number of hydrogen-bond acceptors (Lipinski definition) is 6. The molecular weight excluding hydrogens is 759 g/mol. The quantitative estimate of drug-likeness (QED) is 0.0313. The normalized spacial score (nSPS) is 18.6. The Balaban J connectivity index is 1.66. The lowest BCUT2D eigenvalue weighted by molar-refractivity contribution is -0.147. The maximum atomic E-state index is 14.4. The number of ether oxygens (including phenoxy) is 2. The molecule has 0 aromatic heterocycles. The summed E-state index contributed by atoms with van der Waals surface area (Å²) in [5.41, 5.74) is 2.72. The zero-order valence-corrected chi connectivity index (χ0v) is 39.4. The van der Waals surface area contributed by atoms with Crippen LogP contribution in [0.25, 0.3) is 0 Å². The van der Waals surface area contributed by atoms with E-state index in [2.05, 4.69) is 19.2 Å². The maximum absolute atomic E-state index is 14.4. The van der Waals surface area contributed by atoms with E-state index in [4.69, 9.17) is 9.47 Å². The molecule has 0 saturated heterocycles. The topological polar surface area (TPSA) is 98.8 Å². The number of methoxy groups -OCH3 is 2. The van der Waals surface area contributed by atoms with Crippen molar-refractivity contribution in [2.75, 3.05) is 20.8 Å². The lowest BCUT2D eigenvalue weighted by Crippen LogP contribution is -2.46. The fourth-order valence-corrected chi connectivity index (χ4v) is 9.99. The van der Waals surface area contributed by atoms with Gasteiger partial charge in [0.1, 0.15) is 5.57 Å². The summed E-state index contributed by atoms with van der Waals surface area (Å²) in [4.78, 5) is 55.9. The maximum Gasteiger partial charge on any atom is 0.341 e. The van der Waals surface area contributed by atoms with Gasteiger partial charge in [-0.25, -0.2) is 4.79 Å². The molecule has 1 amide bonds. The molecule has 344 valence electrons. The minimum absolute atomic E-state index is 0.0503. The Kier molecular flexibility index (Phi) is 27.7. The Bertz CT molecular complexity index is 1450. The van der Waals surface area contributed by atoms with Crippen molar-refractivity contribution in [3.8, 4) is 0 Å². The van der Waals surface area contributed by atoms with E-state index in [0.717, 1.165) is 49.7 Å². The highest BCUT2D eigenvalue weighted by Crippen LogP contribution is 2.52. The Morgan fingerprint density at radius 3 is 1.43 bits per heavy atom. The second-order valence-electron chi connectivity index (χ2n) is 18.3.